The van der Waals surface area contributed by atoms with E-state index in [9.17, 15) is 40.9 Å². The van der Waals surface area contributed by atoms with Crippen LogP contribution in [0, 0.1) is 0 Å². The van der Waals surface area contributed by atoms with E-state index in [1.807, 2.05) is 107 Å². The monoisotopic (exact) mass is 874 g/mol. The van der Waals surface area contributed by atoms with Gasteiger partial charge in [0.25, 0.3) is 0 Å². The van der Waals surface area contributed by atoms with Gasteiger partial charge in [0.05, 0.1) is 22.3 Å². The molecular weight excluding hydrogens is 824 g/mol. The lowest BCUT2D eigenvalue weighted by molar-refractivity contribution is -0.0550. The van der Waals surface area contributed by atoms with E-state index in [4.69, 9.17) is 18.9 Å². The molecule has 0 aliphatic carbocycles. The number of benzene rings is 4. The lowest BCUT2D eigenvalue weighted by Gasteiger charge is -2.22. The number of hydrogen-bond acceptors (Lipinski definition) is 10. The molecule has 4 aromatic rings. The number of rotatable bonds is 19. The summed E-state index contributed by atoms with van der Waals surface area (Å²) in [6, 6.07) is 13.0. The van der Waals surface area contributed by atoms with Crippen LogP contribution in [0.25, 0.3) is 0 Å². The van der Waals surface area contributed by atoms with Crippen LogP contribution in [0.3, 0.4) is 0 Å². The molecule has 0 fully saturated rings. The van der Waals surface area contributed by atoms with Gasteiger partial charge >= 0.3 is 39.2 Å². The zero-order valence-electron chi connectivity index (χ0n) is 37.8. The van der Waals surface area contributed by atoms with Crippen molar-refractivity contribution in [3.05, 3.63) is 121 Å². The summed E-state index contributed by atoms with van der Waals surface area (Å²) in [6.45, 7) is 0.528. The number of alkyl halides is 2. The minimum atomic E-state index is -6.09. The van der Waals surface area contributed by atoms with Gasteiger partial charge in [-0.2, -0.15) is 17.2 Å². The fourth-order valence-electron chi connectivity index (χ4n) is 7.28. The highest BCUT2D eigenvalue weighted by atomic mass is 32.2. The molecule has 4 rings (SSSR count). The van der Waals surface area contributed by atoms with Gasteiger partial charge in [0, 0.05) is 0 Å². The third-order valence-electron chi connectivity index (χ3n) is 11.1. The summed E-state index contributed by atoms with van der Waals surface area (Å²) < 4.78 is 85.3. The van der Waals surface area contributed by atoms with Crippen molar-refractivity contribution in [3.63, 3.8) is 0 Å². The molecule has 0 aliphatic heterocycles. The minimum Gasteiger partial charge on any atom is -0.451 e. The Morgan fingerprint density at radius 1 is 0.492 bits per heavy atom. The van der Waals surface area contributed by atoms with Gasteiger partial charge in [-0.3, -0.25) is 4.55 Å². The molecule has 1 N–H and O–H groups in total. The van der Waals surface area contributed by atoms with Crippen LogP contribution in [-0.4, -0.2) is 119 Å². The Bertz CT molecular complexity index is 2450. The molecule has 0 aromatic heterocycles. The van der Waals surface area contributed by atoms with Crippen molar-refractivity contribution in [3.8, 4) is 17.2 Å². The van der Waals surface area contributed by atoms with Crippen molar-refractivity contribution >= 4 is 105 Å². The van der Waals surface area contributed by atoms with E-state index in [1.165, 1.54) is 0 Å². The van der Waals surface area contributed by atoms with Crippen LogP contribution >= 0.6 is 0 Å². The zero-order chi connectivity index (χ0) is 47.0. The maximum absolute atomic E-state index is 14.8. The fraction of sp³-hybridized carbons (Fsp3) is 0.300. The van der Waals surface area contributed by atoms with Gasteiger partial charge in [-0.1, -0.05) is 110 Å². The first kappa shape index (κ1) is 50.8. The van der Waals surface area contributed by atoms with Crippen LogP contribution in [0.2, 0.25) is 0 Å². The second-order valence-electron chi connectivity index (χ2n) is 15.1. The quantitative estimate of drug-likeness (QED) is 0.0463. The standard InChI is InChI=1S/C40H49B9F2O11S/c1-19(40(50,51)63(56,57)58)59-36(52)29-8-31(38(54)61-34-25(15-46)4-21(11-42)5-26(34)16-47)32(39(55)62-35-27(17-48)6-22(12-43)7-28(35)18-49)9-30(29)37(53)60-33-23(13-44)2-20(10-41)3-24(33)14-45/h2-9,19H,10-18,41-49H2,1H3,(H,56,57,58). The maximum atomic E-state index is 14.8. The maximum Gasteiger partial charge on any atom is 0.405 e. The number of esters is 4. The first-order valence-electron chi connectivity index (χ1n) is 21.6. The summed E-state index contributed by atoms with van der Waals surface area (Å²) >= 11 is 0. The summed E-state index contributed by atoms with van der Waals surface area (Å²) in [7, 11) is 11.1. The third kappa shape index (κ3) is 11.3. The second kappa shape index (κ2) is 21.7. The molecule has 0 saturated heterocycles. The Hall–Kier alpha value is -4.89. The van der Waals surface area contributed by atoms with Gasteiger partial charge in [0.2, 0.25) is 0 Å². The molecule has 0 saturated carbocycles. The van der Waals surface area contributed by atoms with Crippen molar-refractivity contribution < 1.29 is 59.9 Å². The summed E-state index contributed by atoms with van der Waals surface area (Å²) in [5.74, 6) is -4.58. The second-order valence-corrected chi connectivity index (χ2v) is 16.6. The van der Waals surface area contributed by atoms with Gasteiger partial charge in [0.15, 0.2) is 6.10 Å². The number of carbonyl (C=O) groups is 4. The Labute approximate surface area is 376 Å². The molecule has 0 heterocycles. The molecule has 1 atom stereocenters. The van der Waals surface area contributed by atoms with Gasteiger partial charge < -0.3 is 18.9 Å². The average Bonchev–Trinajstić information content (AvgIpc) is 3.27. The smallest absolute Gasteiger partial charge is 0.405 e. The first-order valence-corrected chi connectivity index (χ1v) is 23.0. The SMILES string of the molecule is BCc1cc(CB)c(OC(=O)c2cc(C(=O)Oc3c(CB)cc(CB)cc3CB)c(C(=O)OC(C)C(F)(F)S(=O)(=O)O)cc2C(=O)Oc2c(CB)cc(CB)cc2CB)c(CB)c1. The summed E-state index contributed by atoms with van der Waals surface area (Å²) in [5, 5.41) is -4.99. The summed E-state index contributed by atoms with van der Waals surface area (Å²) in [4.78, 5) is 57.7. The normalized spacial score (nSPS) is 12.0. The number of hydrogen-bond donors (Lipinski definition) is 1. The topological polar surface area (TPSA) is 160 Å². The van der Waals surface area contributed by atoms with Crippen molar-refractivity contribution in [1.29, 1.82) is 0 Å². The van der Waals surface area contributed by atoms with Crippen molar-refractivity contribution in [1.82, 2.24) is 0 Å². The van der Waals surface area contributed by atoms with Crippen LogP contribution in [0.15, 0.2) is 48.5 Å². The van der Waals surface area contributed by atoms with Crippen LogP contribution in [0.1, 0.15) is 98.4 Å². The predicted octanol–water partition coefficient (Wildman–Crippen LogP) is -2.43. The molecule has 0 amide bonds. The van der Waals surface area contributed by atoms with E-state index in [0.29, 0.717) is 97.2 Å². The molecule has 0 spiro atoms. The number of halogens is 2. The van der Waals surface area contributed by atoms with Crippen LogP contribution < -0.4 is 14.2 Å². The zero-order valence-corrected chi connectivity index (χ0v) is 38.6. The van der Waals surface area contributed by atoms with E-state index in [-0.39, 0.29) is 17.2 Å². The van der Waals surface area contributed by atoms with Gasteiger partial charge in [-0.05, 0) is 52.4 Å². The van der Waals surface area contributed by atoms with E-state index in [1.54, 1.807) is 0 Å². The number of ether oxygens (including phenoxy) is 4. The Morgan fingerprint density at radius 2 is 0.730 bits per heavy atom. The molecule has 63 heavy (non-hydrogen) atoms. The first-order chi connectivity index (χ1) is 29.8. The molecule has 23 heteroatoms. The average molecular weight is 873 g/mol. The van der Waals surface area contributed by atoms with Crippen LogP contribution in [-0.2, 0) is 71.7 Å². The Balaban J connectivity index is 2.07. The predicted molar refractivity (Wildman–Crippen MR) is 262 cm³/mol. The molecule has 0 aliphatic rings. The molecular formula is C40H49B9F2O11S. The van der Waals surface area contributed by atoms with Crippen LogP contribution in [0.4, 0.5) is 8.78 Å². The molecule has 11 nitrogen and oxygen atoms in total. The molecule has 0 radical (unpaired) electrons. The Morgan fingerprint density at radius 3 is 0.937 bits per heavy atom. The van der Waals surface area contributed by atoms with E-state index >= 15 is 0 Å². The molecule has 4 aromatic carbocycles. The molecule has 1 unspecified atom stereocenters. The van der Waals surface area contributed by atoms with E-state index in [0.717, 1.165) is 28.8 Å². The van der Waals surface area contributed by atoms with Crippen molar-refractivity contribution in [2.75, 3.05) is 0 Å². The van der Waals surface area contributed by atoms with E-state index < -0.39 is 67.6 Å². The summed E-state index contributed by atoms with van der Waals surface area (Å²) in [5.41, 5.74) is 4.34. The van der Waals surface area contributed by atoms with Crippen molar-refractivity contribution in [2.24, 2.45) is 0 Å². The third-order valence-corrected chi connectivity index (χ3v) is 12.2. The fourth-order valence-corrected chi connectivity index (χ4v) is 7.75. The van der Waals surface area contributed by atoms with Crippen LogP contribution in [0.5, 0.6) is 17.2 Å². The minimum absolute atomic E-state index is 0.173. The highest BCUT2D eigenvalue weighted by molar-refractivity contribution is 7.86. The Kier molecular flexibility index (Phi) is 17.5. The molecule has 322 valence electrons. The highest BCUT2D eigenvalue weighted by Crippen LogP contribution is 2.34. The number of carbonyl (C=O) groups excluding carboxylic acids is 4. The highest BCUT2D eigenvalue weighted by Gasteiger charge is 2.52. The summed E-state index contributed by atoms with van der Waals surface area (Å²) in [6.07, 6.45) is 1.99. The van der Waals surface area contributed by atoms with Gasteiger partial charge in [-0.15, -0.1) is 0 Å². The largest absolute Gasteiger partial charge is 0.451 e. The lowest BCUT2D eigenvalue weighted by Crippen LogP contribution is -2.42. The lowest BCUT2D eigenvalue weighted by atomic mass is 9.85. The van der Waals surface area contributed by atoms with Gasteiger partial charge in [-0.25, -0.2) is 19.2 Å². The van der Waals surface area contributed by atoms with E-state index in [2.05, 4.69) is 0 Å². The van der Waals surface area contributed by atoms with Gasteiger partial charge in [0.1, 0.15) is 87.9 Å². The van der Waals surface area contributed by atoms with Crippen molar-refractivity contribution in [2.45, 2.75) is 75.2 Å². The molecule has 0 bridgehead atoms.